The molecule has 0 bridgehead atoms. The van der Waals surface area contributed by atoms with Crippen molar-refractivity contribution in [3.05, 3.63) is 5.32 Å². The van der Waals surface area contributed by atoms with Crippen molar-refractivity contribution in [2.24, 2.45) is 5.92 Å². The first-order valence-electron chi connectivity index (χ1n) is 4.95. The maximum absolute atomic E-state index is 4.68. The van der Waals surface area contributed by atoms with Crippen LogP contribution >= 0.6 is 0 Å². The van der Waals surface area contributed by atoms with Crippen molar-refractivity contribution in [1.82, 2.24) is 0 Å². The van der Waals surface area contributed by atoms with Gasteiger partial charge < -0.3 is 5.32 Å². The summed E-state index contributed by atoms with van der Waals surface area (Å²) in [7, 11) is 0. The van der Waals surface area contributed by atoms with Gasteiger partial charge in [0.25, 0.3) is 0 Å². The van der Waals surface area contributed by atoms with E-state index in [4.69, 9.17) is 0 Å². The van der Waals surface area contributed by atoms with E-state index in [0.717, 1.165) is 12.5 Å². The second kappa shape index (κ2) is 7.01. The summed E-state index contributed by atoms with van der Waals surface area (Å²) in [6.07, 6.45) is 6.96. The van der Waals surface area contributed by atoms with Crippen LogP contribution in [0.25, 0.3) is 5.32 Å². The van der Waals surface area contributed by atoms with Crippen LogP contribution in [0.4, 0.5) is 0 Å². The number of nitrogens with zero attached hydrogens (tertiary/aromatic N) is 1. The fraction of sp³-hybridized carbons (Fsp3) is 1.00. The molecule has 0 amide bonds. The molecule has 0 unspecified atom stereocenters. The summed E-state index contributed by atoms with van der Waals surface area (Å²) in [5.41, 5.74) is 0. The van der Waals surface area contributed by atoms with Gasteiger partial charge in [0.15, 0.2) is 0 Å². The normalized spacial score (nSPS) is 19.2. The summed E-state index contributed by atoms with van der Waals surface area (Å²) < 4.78 is 0. The Hall–Kier alpha value is 0.557. The number of rotatable bonds is 3. The molecule has 1 nitrogen and oxygen atoms in total. The maximum Gasteiger partial charge on any atom is 1.00 e. The van der Waals surface area contributed by atoms with Crippen molar-refractivity contribution in [2.75, 3.05) is 6.54 Å². The largest absolute Gasteiger partial charge is 1.00 e. The van der Waals surface area contributed by atoms with Gasteiger partial charge in [-0.05, 0) is 0 Å². The molecule has 0 N–H and O–H groups in total. The first kappa shape index (κ1) is 12.6. The van der Waals surface area contributed by atoms with Crippen molar-refractivity contribution in [3.63, 3.8) is 0 Å². The Bertz CT molecular complexity index is 98.0. The third kappa shape index (κ3) is 5.25. The smallest absolute Gasteiger partial charge is 0.659 e. The summed E-state index contributed by atoms with van der Waals surface area (Å²) in [6, 6.07) is 0.714. The molecule has 1 aliphatic carbocycles. The SMILES string of the molecule is CC(C)C[N-]C1CCCCC1.[Li+]. The van der Waals surface area contributed by atoms with Gasteiger partial charge in [0.2, 0.25) is 0 Å². The number of hydrogen-bond acceptors (Lipinski definition) is 0. The van der Waals surface area contributed by atoms with Crippen molar-refractivity contribution in [1.29, 1.82) is 0 Å². The van der Waals surface area contributed by atoms with Crippen LogP contribution in [-0.4, -0.2) is 12.6 Å². The molecule has 12 heavy (non-hydrogen) atoms. The van der Waals surface area contributed by atoms with Gasteiger partial charge in [-0.15, -0.1) is 12.6 Å². The van der Waals surface area contributed by atoms with Crippen LogP contribution in [0.1, 0.15) is 46.0 Å². The standard InChI is InChI=1S/C10H20N.Li/c1-9(2)8-11-10-6-4-3-5-7-10;/h9-10H,3-8H2,1-2H3;/q-1;+1. The molecule has 1 saturated carbocycles. The second-order valence-corrected chi connectivity index (χ2v) is 4.05. The van der Waals surface area contributed by atoms with E-state index in [9.17, 15) is 0 Å². The Morgan fingerprint density at radius 2 is 1.75 bits per heavy atom. The van der Waals surface area contributed by atoms with Crippen molar-refractivity contribution < 1.29 is 18.9 Å². The quantitative estimate of drug-likeness (QED) is 0.530. The Kier molecular flexibility index (Phi) is 7.33. The van der Waals surface area contributed by atoms with E-state index in [1.807, 2.05) is 0 Å². The Morgan fingerprint density at radius 3 is 2.25 bits per heavy atom. The summed E-state index contributed by atoms with van der Waals surface area (Å²) in [5, 5.41) is 4.68. The third-order valence-corrected chi connectivity index (χ3v) is 2.30. The van der Waals surface area contributed by atoms with E-state index < -0.39 is 0 Å². The molecule has 66 valence electrons. The molecule has 0 radical (unpaired) electrons. The maximum atomic E-state index is 4.68. The topological polar surface area (TPSA) is 14.1 Å². The van der Waals surface area contributed by atoms with Crippen molar-refractivity contribution in [3.8, 4) is 0 Å². The first-order chi connectivity index (χ1) is 5.29. The van der Waals surface area contributed by atoms with E-state index in [0.29, 0.717) is 6.04 Å². The van der Waals surface area contributed by atoms with Gasteiger partial charge in [-0.2, -0.15) is 0 Å². The summed E-state index contributed by atoms with van der Waals surface area (Å²) in [5.74, 6) is 0.747. The predicted octanol–water partition coefficient (Wildman–Crippen LogP) is 0.353. The van der Waals surface area contributed by atoms with Gasteiger partial charge in [-0.1, -0.05) is 51.9 Å². The molecule has 0 heterocycles. The van der Waals surface area contributed by atoms with Crippen LogP contribution < -0.4 is 18.9 Å². The fourth-order valence-electron chi connectivity index (χ4n) is 1.62. The molecule has 0 saturated heterocycles. The molecule has 0 aromatic heterocycles. The summed E-state index contributed by atoms with van der Waals surface area (Å²) >= 11 is 0. The van der Waals surface area contributed by atoms with Gasteiger partial charge in [-0.25, -0.2) is 0 Å². The summed E-state index contributed by atoms with van der Waals surface area (Å²) in [6.45, 7) is 5.56. The minimum atomic E-state index is 0. The zero-order valence-electron chi connectivity index (χ0n) is 8.84. The molecular weight excluding hydrogens is 141 g/mol. The van der Waals surface area contributed by atoms with Gasteiger partial charge >= 0.3 is 18.9 Å². The zero-order valence-corrected chi connectivity index (χ0v) is 8.84. The fourth-order valence-corrected chi connectivity index (χ4v) is 1.62. The van der Waals surface area contributed by atoms with Crippen LogP contribution in [0.15, 0.2) is 0 Å². The van der Waals surface area contributed by atoms with Gasteiger partial charge in [0.05, 0.1) is 0 Å². The molecule has 2 heteroatoms. The predicted molar refractivity (Wildman–Crippen MR) is 49.9 cm³/mol. The minimum Gasteiger partial charge on any atom is -0.659 e. The molecule has 0 aromatic carbocycles. The molecule has 1 aliphatic rings. The Labute approximate surface area is 88.9 Å². The van der Waals surface area contributed by atoms with Gasteiger partial charge in [0, 0.05) is 0 Å². The molecule has 0 aliphatic heterocycles. The van der Waals surface area contributed by atoms with Crippen LogP contribution in [0.2, 0.25) is 0 Å². The second-order valence-electron chi connectivity index (χ2n) is 4.05. The third-order valence-electron chi connectivity index (χ3n) is 2.30. The molecule has 1 fully saturated rings. The van der Waals surface area contributed by atoms with Crippen LogP contribution in [0, 0.1) is 5.92 Å². The van der Waals surface area contributed by atoms with Crippen LogP contribution in [-0.2, 0) is 0 Å². The van der Waals surface area contributed by atoms with Crippen molar-refractivity contribution >= 4 is 0 Å². The minimum absolute atomic E-state index is 0. The zero-order chi connectivity index (χ0) is 8.10. The molecule has 0 aromatic rings. The van der Waals surface area contributed by atoms with E-state index in [1.165, 1.54) is 32.1 Å². The van der Waals surface area contributed by atoms with E-state index >= 15 is 0 Å². The van der Waals surface area contributed by atoms with Crippen LogP contribution in [0.5, 0.6) is 0 Å². The Morgan fingerprint density at radius 1 is 1.17 bits per heavy atom. The average Bonchev–Trinajstić information content (AvgIpc) is 2.03. The van der Waals surface area contributed by atoms with E-state index in [2.05, 4.69) is 19.2 Å². The van der Waals surface area contributed by atoms with Gasteiger partial charge in [-0.3, -0.25) is 0 Å². The van der Waals surface area contributed by atoms with Crippen molar-refractivity contribution in [2.45, 2.75) is 52.0 Å². The Balaban J connectivity index is 0.00000121. The van der Waals surface area contributed by atoms with Crippen LogP contribution in [0.3, 0.4) is 0 Å². The average molecular weight is 161 g/mol. The molecular formula is C10H20LiN. The monoisotopic (exact) mass is 161 g/mol. The number of hydrogen-bond donors (Lipinski definition) is 0. The molecule has 0 spiro atoms. The molecule has 0 atom stereocenters. The summed E-state index contributed by atoms with van der Waals surface area (Å²) in [4.78, 5) is 0. The van der Waals surface area contributed by atoms with E-state index in [-0.39, 0.29) is 18.9 Å². The molecule has 1 rings (SSSR count). The first-order valence-corrected chi connectivity index (χ1v) is 4.95. The van der Waals surface area contributed by atoms with E-state index in [1.54, 1.807) is 0 Å². The van der Waals surface area contributed by atoms with Gasteiger partial charge in [0.1, 0.15) is 0 Å².